The van der Waals surface area contributed by atoms with Crippen molar-refractivity contribution in [1.82, 2.24) is 0 Å². The monoisotopic (exact) mass is 530 g/mol. The van der Waals surface area contributed by atoms with Crippen LogP contribution in [-0.4, -0.2) is 38.6 Å². The average Bonchev–Trinajstić information content (AvgIpc) is 2.59. The Hall–Kier alpha value is -0.260. The number of hydrogen-bond donors (Lipinski definition) is 1. The predicted molar refractivity (Wildman–Crippen MR) is 97.8 cm³/mol. The van der Waals surface area contributed by atoms with E-state index < -0.39 is 57.6 Å². The van der Waals surface area contributed by atoms with Gasteiger partial charge in [0.25, 0.3) is 5.60 Å². The molecule has 2 rings (SSSR count). The van der Waals surface area contributed by atoms with Crippen molar-refractivity contribution in [2.75, 3.05) is 0 Å². The van der Waals surface area contributed by atoms with Gasteiger partial charge in [-0.05, 0) is 50.9 Å². The smallest absolute Gasteiger partial charge is 0.426 e. The maximum Gasteiger partial charge on any atom is 0.426 e. The zero-order valence-electron chi connectivity index (χ0n) is 15.7. The highest BCUT2D eigenvalue weighted by atomic mass is 127. The van der Waals surface area contributed by atoms with Crippen LogP contribution in [0.4, 0.5) is 26.3 Å². The predicted octanol–water partition coefficient (Wildman–Crippen LogP) is 5.57. The lowest BCUT2D eigenvalue weighted by atomic mass is 9.59. The third-order valence-corrected chi connectivity index (χ3v) is 7.58. The standard InChI is InChI=1S/C18H25F6IO3/c1-3-15(2,25)14(26)28-13-9-8-12(10-6-4-5-7-11(10)13)16(27,17(19,20)21)18(22,23)24/h10-13,27H,3-9H2,1-2H3. The van der Waals surface area contributed by atoms with Gasteiger partial charge in [0.05, 0.1) is 0 Å². The van der Waals surface area contributed by atoms with Gasteiger partial charge in [-0.3, -0.25) is 4.79 Å². The first-order chi connectivity index (χ1) is 12.7. The lowest BCUT2D eigenvalue weighted by molar-refractivity contribution is -0.394. The molecule has 0 aliphatic heterocycles. The molecule has 164 valence electrons. The molecule has 0 aromatic heterocycles. The van der Waals surface area contributed by atoms with Crippen molar-refractivity contribution in [3.8, 4) is 0 Å². The quantitative estimate of drug-likeness (QED) is 0.224. The number of carbonyl (C=O) groups is 1. The largest absolute Gasteiger partial charge is 0.461 e. The van der Waals surface area contributed by atoms with Crippen LogP contribution in [0.15, 0.2) is 0 Å². The first-order valence-corrected chi connectivity index (χ1v) is 10.5. The summed E-state index contributed by atoms with van der Waals surface area (Å²) in [4.78, 5) is 12.4. The Kier molecular flexibility index (Phi) is 6.96. The summed E-state index contributed by atoms with van der Waals surface area (Å²) in [7, 11) is 0. The SMILES string of the molecule is CCC(C)(I)C(=O)OC1CCC(C(O)(C(F)(F)F)C(F)(F)F)C2CCCCC12. The van der Waals surface area contributed by atoms with Crippen LogP contribution in [-0.2, 0) is 9.53 Å². The topological polar surface area (TPSA) is 46.5 Å². The van der Waals surface area contributed by atoms with E-state index in [1.54, 1.807) is 13.8 Å². The van der Waals surface area contributed by atoms with E-state index in [0.29, 0.717) is 25.7 Å². The van der Waals surface area contributed by atoms with Crippen molar-refractivity contribution in [3.63, 3.8) is 0 Å². The minimum absolute atomic E-state index is 0.123. The van der Waals surface area contributed by atoms with E-state index in [2.05, 4.69) is 0 Å². The van der Waals surface area contributed by atoms with Gasteiger partial charge in [0.15, 0.2) is 0 Å². The number of aliphatic hydroxyl groups is 1. The number of ether oxygens (including phenoxy) is 1. The van der Waals surface area contributed by atoms with Crippen LogP contribution in [0.1, 0.15) is 58.8 Å². The molecular weight excluding hydrogens is 505 g/mol. The first kappa shape index (κ1) is 24.0. The van der Waals surface area contributed by atoms with E-state index >= 15 is 0 Å². The number of hydrogen-bond acceptors (Lipinski definition) is 3. The van der Waals surface area contributed by atoms with Crippen molar-refractivity contribution in [1.29, 1.82) is 0 Å². The average molecular weight is 530 g/mol. The second-order valence-corrected chi connectivity index (χ2v) is 10.4. The molecule has 0 aromatic rings. The Morgan fingerprint density at radius 1 is 1.00 bits per heavy atom. The van der Waals surface area contributed by atoms with Crippen LogP contribution < -0.4 is 0 Å². The van der Waals surface area contributed by atoms with Crippen molar-refractivity contribution >= 4 is 28.6 Å². The fraction of sp³-hybridized carbons (Fsp3) is 0.944. The summed E-state index contributed by atoms with van der Waals surface area (Å²) in [5, 5.41) is 9.92. The number of halogens is 7. The fourth-order valence-electron chi connectivity index (χ4n) is 4.57. The van der Waals surface area contributed by atoms with E-state index in [4.69, 9.17) is 4.74 Å². The fourth-order valence-corrected chi connectivity index (χ4v) is 4.70. The molecule has 0 saturated heterocycles. The van der Waals surface area contributed by atoms with E-state index in [0.717, 1.165) is 0 Å². The van der Waals surface area contributed by atoms with Crippen LogP contribution in [0.3, 0.4) is 0 Å². The molecule has 5 unspecified atom stereocenters. The van der Waals surface area contributed by atoms with E-state index in [-0.39, 0.29) is 12.8 Å². The van der Waals surface area contributed by atoms with Crippen LogP contribution in [0.25, 0.3) is 0 Å². The van der Waals surface area contributed by atoms with Gasteiger partial charge >= 0.3 is 18.3 Å². The lowest BCUT2D eigenvalue weighted by Gasteiger charge is -2.51. The van der Waals surface area contributed by atoms with Gasteiger partial charge in [-0.1, -0.05) is 42.4 Å². The van der Waals surface area contributed by atoms with E-state index in [9.17, 15) is 36.2 Å². The molecule has 2 aliphatic carbocycles. The maximum absolute atomic E-state index is 13.4. The van der Waals surface area contributed by atoms with Gasteiger partial charge in [-0.2, -0.15) is 26.3 Å². The molecule has 0 bridgehead atoms. The minimum Gasteiger partial charge on any atom is -0.461 e. The second-order valence-electron chi connectivity index (χ2n) is 8.05. The third kappa shape index (κ3) is 4.27. The molecular formula is C18H25F6IO3. The molecule has 0 spiro atoms. The number of carbonyl (C=O) groups excluding carboxylic acids is 1. The van der Waals surface area contributed by atoms with Crippen molar-refractivity contribution < 1.29 is 41.0 Å². The van der Waals surface area contributed by atoms with Gasteiger partial charge in [-0.25, -0.2) is 0 Å². The number of rotatable bonds is 4. The summed E-state index contributed by atoms with van der Waals surface area (Å²) in [5.41, 5.74) is -4.75. The van der Waals surface area contributed by atoms with Crippen LogP contribution >= 0.6 is 22.6 Å². The normalized spacial score (nSPS) is 31.6. The highest BCUT2D eigenvalue weighted by molar-refractivity contribution is 14.1. The van der Waals surface area contributed by atoms with Gasteiger partial charge in [0, 0.05) is 5.92 Å². The Bertz CT molecular complexity index is 561. The van der Waals surface area contributed by atoms with Crippen LogP contribution in [0.5, 0.6) is 0 Å². The highest BCUT2D eigenvalue weighted by Crippen LogP contribution is 2.57. The summed E-state index contributed by atoms with van der Waals surface area (Å²) in [5.74, 6) is -4.12. The Morgan fingerprint density at radius 2 is 1.50 bits per heavy atom. The second kappa shape index (κ2) is 8.11. The molecule has 0 radical (unpaired) electrons. The molecule has 0 heterocycles. The Balaban J connectivity index is 2.33. The van der Waals surface area contributed by atoms with Gasteiger partial charge < -0.3 is 9.84 Å². The summed E-state index contributed by atoms with van der Waals surface area (Å²) < 4.78 is 85.1. The first-order valence-electron chi connectivity index (χ1n) is 9.42. The molecule has 2 aliphatic rings. The zero-order chi connectivity index (χ0) is 21.5. The molecule has 2 saturated carbocycles. The minimum atomic E-state index is -5.83. The summed E-state index contributed by atoms with van der Waals surface area (Å²) in [6, 6.07) is 0. The van der Waals surface area contributed by atoms with Crippen LogP contribution in [0.2, 0.25) is 0 Å². The molecule has 0 amide bonds. The molecule has 1 N–H and O–H groups in total. The molecule has 10 heteroatoms. The lowest BCUT2D eigenvalue weighted by Crippen LogP contribution is -2.65. The molecule has 28 heavy (non-hydrogen) atoms. The number of alkyl halides is 7. The Labute approximate surface area is 173 Å². The third-order valence-electron chi connectivity index (χ3n) is 6.38. The molecule has 5 atom stereocenters. The molecule has 2 fully saturated rings. The van der Waals surface area contributed by atoms with Crippen molar-refractivity contribution in [2.45, 2.75) is 86.3 Å². The maximum atomic E-state index is 13.4. The van der Waals surface area contributed by atoms with Crippen LogP contribution in [0, 0.1) is 17.8 Å². The van der Waals surface area contributed by atoms with Gasteiger partial charge in [-0.15, -0.1) is 0 Å². The number of fused-ring (bicyclic) bond motifs is 1. The van der Waals surface area contributed by atoms with Gasteiger partial charge in [0.1, 0.15) is 9.53 Å². The summed E-state index contributed by atoms with van der Waals surface area (Å²) in [6.07, 6.45) is -10.9. The summed E-state index contributed by atoms with van der Waals surface area (Å²) >= 11 is 1.94. The van der Waals surface area contributed by atoms with Crippen molar-refractivity contribution in [2.24, 2.45) is 17.8 Å². The van der Waals surface area contributed by atoms with Crippen molar-refractivity contribution in [3.05, 3.63) is 0 Å². The zero-order valence-corrected chi connectivity index (χ0v) is 17.8. The highest BCUT2D eigenvalue weighted by Gasteiger charge is 2.75. The van der Waals surface area contributed by atoms with E-state index in [1.165, 1.54) is 0 Å². The van der Waals surface area contributed by atoms with E-state index in [1.807, 2.05) is 22.6 Å². The summed E-state index contributed by atoms with van der Waals surface area (Å²) in [6.45, 7) is 3.47. The Morgan fingerprint density at radius 3 is 1.96 bits per heavy atom. The molecule has 0 aromatic carbocycles. The number of esters is 1. The molecule has 3 nitrogen and oxygen atoms in total. The van der Waals surface area contributed by atoms with Gasteiger partial charge in [0.2, 0.25) is 0 Å².